The van der Waals surface area contributed by atoms with Gasteiger partial charge in [0.25, 0.3) is 0 Å². The third-order valence-electron chi connectivity index (χ3n) is 2.38. The van der Waals surface area contributed by atoms with Crippen molar-refractivity contribution in [3.05, 3.63) is 12.7 Å². The first kappa shape index (κ1) is 10.3. The zero-order valence-corrected chi connectivity index (χ0v) is 8.13. The summed E-state index contributed by atoms with van der Waals surface area (Å²) in [5, 5.41) is 0. The average molecular weight is 182 g/mol. The first-order valence-corrected chi connectivity index (χ1v) is 5.13. The number of rotatable bonds is 7. The molecule has 1 aliphatic heterocycles. The van der Waals surface area contributed by atoms with E-state index in [2.05, 4.69) is 6.58 Å². The Morgan fingerprint density at radius 3 is 2.69 bits per heavy atom. The van der Waals surface area contributed by atoms with E-state index in [1.807, 2.05) is 6.08 Å². The first-order chi connectivity index (χ1) is 6.33. The van der Waals surface area contributed by atoms with Crippen LogP contribution in [-0.2, 0) is 9.53 Å². The maximum atomic E-state index is 10.5. The summed E-state index contributed by atoms with van der Waals surface area (Å²) in [6, 6.07) is 0. The van der Waals surface area contributed by atoms with Crippen LogP contribution < -0.4 is 0 Å². The number of hydrogen-bond acceptors (Lipinski definition) is 2. The molecule has 74 valence electrons. The third kappa shape index (κ3) is 4.11. The van der Waals surface area contributed by atoms with Crippen LogP contribution >= 0.6 is 0 Å². The summed E-state index contributed by atoms with van der Waals surface area (Å²) in [6.45, 7) is 3.68. The molecule has 2 heteroatoms. The molecule has 0 bridgehead atoms. The van der Waals surface area contributed by atoms with Crippen molar-refractivity contribution in [2.45, 2.75) is 51.0 Å². The Hall–Kier alpha value is -0.790. The molecule has 0 aromatic rings. The topological polar surface area (TPSA) is 26.3 Å². The molecule has 1 saturated heterocycles. The molecular formula is C11H18O2. The molecule has 1 fully saturated rings. The highest BCUT2D eigenvalue weighted by Gasteiger charge is 2.27. The Morgan fingerprint density at radius 1 is 1.38 bits per heavy atom. The highest BCUT2D eigenvalue weighted by molar-refractivity contribution is 5.75. The lowest BCUT2D eigenvalue weighted by atomic mass is 10.0. The number of carbonyl (C=O) groups excluding carboxylic acids is 1. The van der Waals surface area contributed by atoms with E-state index >= 15 is 0 Å². The zero-order valence-electron chi connectivity index (χ0n) is 8.13. The first-order valence-electron chi connectivity index (χ1n) is 5.13. The molecule has 0 saturated carbocycles. The van der Waals surface area contributed by atoms with Crippen LogP contribution in [0.25, 0.3) is 0 Å². The summed E-state index contributed by atoms with van der Waals surface area (Å²) in [4.78, 5) is 10.5. The Balaban J connectivity index is 1.79. The predicted molar refractivity (Wildman–Crippen MR) is 52.4 cm³/mol. The summed E-state index contributed by atoms with van der Waals surface area (Å²) < 4.78 is 4.91. The fourth-order valence-corrected chi connectivity index (χ4v) is 1.54. The number of unbranched alkanes of at least 4 members (excludes halogenated alkanes) is 4. The van der Waals surface area contributed by atoms with Gasteiger partial charge in [0.1, 0.15) is 6.10 Å². The highest BCUT2D eigenvalue weighted by Crippen LogP contribution is 2.19. The van der Waals surface area contributed by atoms with Gasteiger partial charge >= 0.3 is 5.97 Å². The average Bonchev–Trinajstić information content (AvgIpc) is 2.07. The van der Waals surface area contributed by atoms with Crippen molar-refractivity contribution in [1.82, 2.24) is 0 Å². The Labute approximate surface area is 80.0 Å². The van der Waals surface area contributed by atoms with Crippen LogP contribution in [0.5, 0.6) is 0 Å². The van der Waals surface area contributed by atoms with Crippen molar-refractivity contribution in [2.24, 2.45) is 0 Å². The Bertz CT molecular complexity index is 167. The van der Waals surface area contributed by atoms with Crippen molar-refractivity contribution >= 4 is 5.97 Å². The molecule has 0 N–H and O–H groups in total. The van der Waals surface area contributed by atoms with Gasteiger partial charge in [-0.3, -0.25) is 4.79 Å². The van der Waals surface area contributed by atoms with E-state index in [1.165, 1.54) is 25.7 Å². The smallest absolute Gasteiger partial charge is 0.309 e. The molecule has 0 radical (unpaired) electrons. The van der Waals surface area contributed by atoms with Crippen molar-refractivity contribution in [2.75, 3.05) is 0 Å². The molecule has 0 spiro atoms. The van der Waals surface area contributed by atoms with E-state index in [1.54, 1.807) is 0 Å². The van der Waals surface area contributed by atoms with Gasteiger partial charge in [0.2, 0.25) is 0 Å². The summed E-state index contributed by atoms with van der Waals surface area (Å²) in [5.74, 6) is -0.0309. The maximum Gasteiger partial charge on any atom is 0.309 e. The van der Waals surface area contributed by atoms with E-state index in [4.69, 9.17) is 4.74 Å². The van der Waals surface area contributed by atoms with Crippen LogP contribution in [0, 0.1) is 0 Å². The molecule has 1 heterocycles. The lowest BCUT2D eigenvalue weighted by Crippen LogP contribution is -2.32. The molecule has 1 atom stereocenters. The van der Waals surface area contributed by atoms with Gasteiger partial charge in [0, 0.05) is 0 Å². The van der Waals surface area contributed by atoms with Crippen LogP contribution in [-0.4, -0.2) is 12.1 Å². The summed E-state index contributed by atoms with van der Waals surface area (Å²) >= 11 is 0. The van der Waals surface area contributed by atoms with Gasteiger partial charge in [-0.25, -0.2) is 0 Å². The number of hydrogen-bond donors (Lipinski definition) is 0. The number of esters is 1. The summed E-state index contributed by atoms with van der Waals surface area (Å²) in [6.07, 6.45) is 9.99. The number of allylic oxidation sites excluding steroid dienone is 1. The second-order valence-corrected chi connectivity index (χ2v) is 3.60. The molecular weight excluding hydrogens is 164 g/mol. The lowest BCUT2D eigenvalue weighted by Gasteiger charge is -2.25. The minimum atomic E-state index is -0.0309. The summed E-state index contributed by atoms with van der Waals surface area (Å²) in [5.41, 5.74) is 0. The maximum absolute atomic E-state index is 10.5. The van der Waals surface area contributed by atoms with E-state index in [0.717, 1.165) is 12.8 Å². The van der Waals surface area contributed by atoms with Gasteiger partial charge in [0.05, 0.1) is 6.42 Å². The highest BCUT2D eigenvalue weighted by atomic mass is 16.6. The fraction of sp³-hybridized carbons (Fsp3) is 0.727. The van der Waals surface area contributed by atoms with Gasteiger partial charge in [0.15, 0.2) is 0 Å². The SMILES string of the molecule is C=CCCCCCC[C@@H]1CC(=O)O1. The van der Waals surface area contributed by atoms with Crippen molar-refractivity contribution < 1.29 is 9.53 Å². The van der Waals surface area contributed by atoms with E-state index < -0.39 is 0 Å². The van der Waals surface area contributed by atoms with E-state index in [0.29, 0.717) is 6.42 Å². The van der Waals surface area contributed by atoms with Gasteiger partial charge < -0.3 is 4.74 Å². The van der Waals surface area contributed by atoms with Crippen molar-refractivity contribution in [1.29, 1.82) is 0 Å². The lowest BCUT2D eigenvalue weighted by molar-refractivity contribution is -0.169. The molecule has 13 heavy (non-hydrogen) atoms. The largest absolute Gasteiger partial charge is 0.462 e. The van der Waals surface area contributed by atoms with Gasteiger partial charge in [-0.05, 0) is 25.7 Å². The normalized spacial score (nSPS) is 20.6. The summed E-state index contributed by atoms with van der Waals surface area (Å²) in [7, 11) is 0. The van der Waals surface area contributed by atoms with Gasteiger partial charge in [-0.1, -0.05) is 18.9 Å². The van der Waals surface area contributed by atoms with Gasteiger partial charge in [-0.2, -0.15) is 0 Å². The van der Waals surface area contributed by atoms with Crippen molar-refractivity contribution in [3.63, 3.8) is 0 Å². The predicted octanol–water partition coefficient (Wildman–Crippen LogP) is 2.83. The standard InChI is InChI=1S/C11H18O2/c1-2-3-4-5-6-7-8-10-9-11(12)13-10/h2,10H,1,3-9H2/t10-/m1/s1. The van der Waals surface area contributed by atoms with Crippen LogP contribution in [0.15, 0.2) is 12.7 Å². The molecule has 0 aromatic carbocycles. The molecule has 1 aliphatic rings. The quantitative estimate of drug-likeness (QED) is 0.344. The minimum Gasteiger partial charge on any atom is -0.462 e. The molecule has 0 aromatic heterocycles. The second-order valence-electron chi connectivity index (χ2n) is 3.60. The van der Waals surface area contributed by atoms with Crippen LogP contribution in [0.4, 0.5) is 0 Å². The number of carbonyl (C=O) groups is 1. The monoisotopic (exact) mass is 182 g/mol. The third-order valence-corrected chi connectivity index (χ3v) is 2.38. The molecule has 2 nitrogen and oxygen atoms in total. The Kier molecular flexibility index (Phi) is 4.58. The molecule has 1 rings (SSSR count). The van der Waals surface area contributed by atoms with Crippen LogP contribution in [0.3, 0.4) is 0 Å². The molecule has 0 unspecified atom stereocenters. The molecule has 0 amide bonds. The van der Waals surface area contributed by atoms with Crippen LogP contribution in [0.2, 0.25) is 0 Å². The fourth-order valence-electron chi connectivity index (χ4n) is 1.54. The Morgan fingerprint density at radius 2 is 2.08 bits per heavy atom. The van der Waals surface area contributed by atoms with E-state index in [9.17, 15) is 4.79 Å². The van der Waals surface area contributed by atoms with E-state index in [-0.39, 0.29) is 12.1 Å². The van der Waals surface area contributed by atoms with Crippen molar-refractivity contribution in [3.8, 4) is 0 Å². The van der Waals surface area contributed by atoms with Gasteiger partial charge in [-0.15, -0.1) is 6.58 Å². The number of ether oxygens (including phenoxy) is 1. The zero-order chi connectivity index (χ0) is 9.52. The number of cyclic esters (lactones) is 1. The second kappa shape index (κ2) is 5.79. The molecule has 0 aliphatic carbocycles. The minimum absolute atomic E-state index is 0.0309. The van der Waals surface area contributed by atoms with Crippen LogP contribution in [0.1, 0.15) is 44.9 Å².